The molecule has 4 nitrogen and oxygen atoms in total. The van der Waals surface area contributed by atoms with Gasteiger partial charge in [0.05, 0.1) is 6.61 Å². The van der Waals surface area contributed by atoms with Crippen molar-refractivity contribution in [3.63, 3.8) is 0 Å². The molecule has 0 spiro atoms. The number of aliphatic hydroxyl groups excluding tert-OH is 1. The fourth-order valence-electron chi connectivity index (χ4n) is 2.13. The largest absolute Gasteiger partial charge is 0.394 e. The predicted octanol–water partition coefficient (Wildman–Crippen LogP) is 2.80. The summed E-state index contributed by atoms with van der Waals surface area (Å²) in [7, 11) is 0. The van der Waals surface area contributed by atoms with Gasteiger partial charge in [-0.3, -0.25) is 0 Å². The monoisotopic (exact) mass is 297 g/mol. The van der Waals surface area contributed by atoms with Crippen molar-refractivity contribution in [2.24, 2.45) is 0 Å². The lowest BCUT2D eigenvalue weighted by Crippen LogP contribution is -2.49. The summed E-state index contributed by atoms with van der Waals surface area (Å²) in [6, 6.07) is 0.391. The van der Waals surface area contributed by atoms with Crippen LogP contribution in [0.2, 0.25) is 0 Å². The molecule has 0 saturated heterocycles. The molecule has 0 bridgehead atoms. The molecule has 2 N–H and O–H groups in total. The van der Waals surface area contributed by atoms with Crippen LogP contribution in [-0.2, 0) is 0 Å². The van der Waals surface area contributed by atoms with E-state index in [0.717, 1.165) is 35.7 Å². The molecule has 1 heterocycles. The first-order valence-corrected chi connectivity index (χ1v) is 8.24. The van der Waals surface area contributed by atoms with E-state index in [4.69, 9.17) is 0 Å². The molecule has 0 aliphatic heterocycles. The second kappa shape index (κ2) is 8.60. The number of thioether (sulfide) groups is 1. The summed E-state index contributed by atoms with van der Waals surface area (Å²) >= 11 is 1.70. The van der Waals surface area contributed by atoms with Gasteiger partial charge in [-0.25, -0.2) is 9.97 Å². The first-order chi connectivity index (χ1) is 9.45. The Morgan fingerprint density at radius 2 is 1.95 bits per heavy atom. The van der Waals surface area contributed by atoms with Gasteiger partial charge in [-0.05, 0) is 32.3 Å². The Labute approximate surface area is 126 Å². The van der Waals surface area contributed by atoms with E-state index in [2.05, 4.69) is 36.1 Å². The predicted molar refractivity (Wildman–Crippen MR) is 85.1 cm³/mol. The topological polar surface area (TPSA) is 58.0 Å². The molecule has 5 heteroatoms. The van der Waals surface area contributed by atoms with Crippen molar-refractivity contribution < 1.29 is 5.11 Å². The minimum Gasteiger partial charge on any atom is -0.394 e. The SMILES string of the molecule is Cc1cnc(SCCCCC(C)(CO)NC(C)C)nc1. The van der Waals surface area contributed by atoms with E-state index in [0.29, 0.717) is 6.04 Å². The van der Waals surface area contributed by atoms with Gasteiger partial charge in [-0.1, -0.05) is 32.0 Å². The van der Waals surface area contributed by atoms with Crippen molar-refractivity contribution in [2.75, 3.05) is 12.4 Å². The Morgan fingerprint density at radius 1 is 1.30 bits per heavy atom. The Kier molecular flexibility index (Phi) is 7.48. The second-order valence-corrected chi connectivity index (χ2v) is 6.93. The molecule has 0 amide bonds. The third kappa shape index (κ3) is 6.68. The van der Waals surface area contributed by atoms with Crippen molar-refractivity contribution in [3.05, 3.63) is 18.0 Å². The summed E-state index contributed by atoms with van der Waals surface area (Å²) in [5.41, 5.74) is 0.923. The molecule has 0 fully saturated rings. The number of nitrogens with one attached hydrogen (secondary N) is 1. The van der Waals surface area contributed by atoms with Gasteiger partial charge < -0.3 is 10.4 Å². The van der Waals surface area contributed by atoms with Crippen LogP contribution in [0.4, 0.5) is 0 Å². The summed E-state index contributed by atoms with van der Waals surface area (Å²) < 4.78 is 0. The molecule has 0 aliphatic rings. The number of aliphatic hydroxyl groups is 1. The van der Waals surface area contributed by atoms with Crippen LogP contribution in [0.1, 0.15) is 45.6 Å². The summed E-state index contributed by atoms with van der Waals surface area (Å²) in [6.07, 6.45) is 6.89. The van der Waals surface area contributed by atoms with Gasteiger partial charge in [0.2, 0.25) is 0 Å². The summed E-state index contributed by atoms with van der Waals surface area (Å²) in [4.78, 5) is 8.56. The molecule has 1 aromatic rings. The smallest absolute Gasteiger partial charge is 0.187 e. The molecule has 114 valence electrons. The van der Waals surface area contributed by atoms with Gasteiger partial charge in [0, 0.05) is 29.7 Å². The molecule has 1 rings (SSSR count). The van der Waals surface area contributed by atoms with Gasteiger partial charge in [0.1, 0.15) is 0 Å². The zero-order chi connectivity index (χ0) is 15.0. The molecular weight excluding hydrogens is 270 g/mol. The van der Waals surface area contributed by atoms with E-state index >= 15 is 0 Å². The molecular formula is C15H27N3OS. The lowest BCUT2D eigenvalue weighted by atomic mass is 9.95. The third-order valence-corrected chi connectivity index (χ3v) is 4.06. The van der Waals surface area contributed by atoms with Crippen molar-refractivity contribution in [1.82, 2.24) is 15.3 Å². The maximum atomic E-state index is 9.51. The first kappa shape index (κ1) is 17.4. The van der Waals surface area contributed by atoms with Crippen molar-refractivity contribution in [3.8, 4) is 0 Å². The van der Waals surface area contributed by atoms with Gasteiger partial charge in [0.15, 0.2) is 5.16 Å². The molecule has 1 unspecified atom stereocenters. The lowest BCUT2D eigenvalue weighted by molar-refractivity contribution is 0.154. The third-order valence-electron chi connectivity index (χ3n) is 3.10. The summed E-state index contributed by atoms with van der Waals surface area (Å²) in [5.74, 6) is 1.02. The van der Waals surface area contributed by atoms with Crippen LogP contribution in [0.5, 0.6) is 0 Å². The highest BCUT2D eigenvalue weighted by atomic mass is 32.2. The van der Waals surface area contributed by atoms with E-state index < -0.39 is 0 Å². The summed E-state index contributed by atoms with van der Waals surface area (Å²) in [5, 5.41) is 13.8. The fraction of sp³-hybridized carbons (Fsp3) is 0.733. The van der Waals surface area contributed by atoms with E-state index in [1.54, 1.807) is 11.8 Å². The maximum Gasteiger partial charge on any atom is 0.187 e. The number of nitrogens with zero attached hydrogens (tertiary/aromatic N) is 2. The van der Waals surface area contributed by atoms with Crippen LogP contribution in [0.25, 0.3) is 0 Å². The zero-order valence-electron chi connectivity index (χ0n) is 13.0. The number of aryl methyl sites for hydroxylation is 1. The van der Waals surface area contributed by atoms with E-state index in [1.807, 2.05) is 19.3 Å². The van der Waals surface area contributed by atoms with Crippen LogP contribution in [-0.4, -0.2) is 39.0 Å². The summed E-state index contributed by atoms with van der Waals surface area (Å²) in [6.45, 7) is 8.48. The van der Waals surface area contributed by atoms with Crippen LogP contribution in [0, 0.1) is 6.92 Å². The quantitative estimate of drug-likeness (QED) is 0.417. The van der Waals surface area contributed by atoms with Gasteiger partial charge in [-0.2, -0.15) is 0 Å². The zero-order valence-corrected chi connectivity index (χ0v) is 13.8. The van der Waals surface area contributed by atoms with Crippen molar-refractivity contribution in [1.29, 1.82) is 0 Å². The number of hydrogen-bond donors (Lipinski definition) is 2. The number of hydrogen-bond acceptors (Lipinski definition) is 5. The molecule has 0 radical (unpaired) electrons. The van der Waals surface area contributed by atoms with Crippen molar-refractivity contribution >= 4 is 11.8 Å². The number of rotatable bonds is 9. The molecule has 20 heavy (non-hydrogen) atoms. The Balaban J connectivity index is 2.22. The Bertz CT molecular complexity index is 383. The second-order valence-electron chi connectivity index (χ2n) is 5.87. The average Bonchev–Trinajstić information content (AvgIpc) is 2.40. The number of unbranched alkanes of at least 4 members (excludes halogenated alkanes) is 1. The maximum absolute atomic E-state index is 9.51. The fourth-order valence-corrected chi connectivity index (χ4v) is 2.92. The molecule has 1 atom stereocenters. The number of aromatic nitrogens is 2. The van der Waals surface area contributed by atoms with Crippen LogP contribution >= 0.6 is 11.8 Å². The Morgan fingerprint density at radius 3 is 2.50 bits per heavy atom. The van der Waals surface area contributed by atoms with Gasteiger partial charge in [0.25, 0.3) is 0 Å². The van der Waals surface area contributed by atoms with Crippen LogP contribution in [0.3, 0.4) is 0 Å². The lowest BCUT2D eigenvalue weighted by Gasteiger charge is -2.31. The molecule has 0 aliphatic carbocycles. The Hall–Kier alpha value is -0.650. The van der Waals surface area contributed by atoms with Crippen LogP contribution in [0.15, 0.2) is 17.6 Å². The highest BCUT2D eigenvalue weighted by molar-refractivity contribution is 7.99. The van der Waals surface area contributed by atoms with Crippen molar-refractivity contribution in [2.45, 2.75) is 63.7 Å². The van der Waals surface area contributed by atoms with Gasteiger partial charge >= 0.3 is 0 Å². The first-order valence-electron chi connectivity index (χ1n) is 7.25. The van der Waals surface area contributed by atoms with Gasteiger partial charge in [-0.15, -0.1) is 0 Å². The molecule has 0 aromatic carbocycles. The van der Waals surface area contributed by atoms with Crippen LogP contribution < -0.4 is 5.32 Å². The minimum absolute atomic E-state index is 0.167. The molecule has 0 saturated carbocycles. The standard InChI is InChI=1S/C15H27N3OS/c1-12(2)18-15(4,11-19)7-5-6-8-20-14-16-9-13(3)10-17-14/h9-10,12,18-19H,5-8,11H2,1-4H3. The minimum atomic E-state index is -0.167. The highest BCUT2D eigenvalue weighted by Crippen LogP contribution is 2.18. The molecule has 1 aromatic heterocycles. The average molecular weight is 297 g/mol. The normalized spacial score (nSPS) is 14.5. The highest BCUT2D eigenvalue weighted by Gasteiger charge is 2.22. The van der Waals surface area contributed by atoms with E-state index in [-0.39, 0.29) is 12.1 Å². The van der Waals surface area contributed by atoms with E-state index in [9.17, 15) is 5.11 Å². The van der Waals surface area contributed by atoms with E-state index in [1.165, 1.54) is 0 Å².